The Labute approximate surface area is 137 Å². The normalized spacial score (nSPS) is 12.2. The first-order chi connectivity index (χ1) is 10.5. The zero-order chi connectivity index (χ0) is 17.4. The fraction of sp³-hybridized carbons (Fsp3) is 0.250. The molecular weight excluding hydrogens is 334 g/mol. The maximum Gasteiger partial charge on any atom is 0.264 e. The Kier molecular flexibility index (Phi) is 4.54. The van der Waals surface area contributed by atoms with Crippen molar-refractivity contribution in [1.29, 1.82) is 0 Å². The molecule has 0 saturated heterocycles. The molecule has 2 rings (SSSR count). The number of nitrogens with zero attached hydrogens (tertiary/aromatic N) is 1. The third kappa shape index (κ3) is 3.40. The van der Waals surface area contributed by atoms with Crippen LogP contribution in [0.5, 0.6) is 0 Å². The van der Waals surface area contributed by atoms with Gasteiger partial charge in [0.05, 0.1) is 15.5 Å². The molecule has 0 unspecified atom stereocenters. The second-order valence-corrected chi connectivity index (χ2v) is 9.42. The standard InChI is InChI=1S/C16H19NO4S2/c1-12-6-5-7-16(13(12)2)17(3)23(20,21)15-10-8-14(9-11-15)22(4,18)19/h5-11H,1-4H3. The molecule has 2 aromatic carbocycles. The molecule has 0 heterocycles. The summed E-state index contributed by atoms with van der Waals surface area (Å²) in [6.45, 7) is 3.78. The van der Waals surface area contributed by atoms with E-state index < -0.39 is 19.9 Å². The Hall–Kier alpha value is -1.86. The lowest BCUT2D eigenvalue weighted by molar-refractivity contribution is 0.592. The van der Waals surface area contributed by atoms with E-state index in [0.717, 1.165) is 17.4 Å². The molecule has 5 nitrogen and oxygen atoms in total. The Balaban J connectivity index is 2.47. The fourth-order valence-corrected chi connectivity index (χ4v) is 4.11. The molecule has 0 bridgehead atoms. The molecule has 2 aromatic rings. The van der Waals surface area contributed by atoms with Gasteiger partial charge < -0.3 is 0 Å². The Morgan fingerprint density at radius 2 is 1.35 bits per heavy atom. The van der Waals surface area contributed by atoms with E-state index in [2.05, 4.69) is 0 Å². The van der Waals surface area contributed by atoms with Gasteiger partial charge in [-0.1, -0.05) is 12.1 Å². The molecular formula is C16H19NO4S2. The van der Waals surface area contributed by atoms with Crippen LogP contribution in [0.3, 0.4) is 0 Å². The van der Waals surface area contributed by atoms with Crippen LogP contribution in [0.15, 0.2) is 52.3 Å². The second-order valence-electron chi connectivity index (χ2n) is 5.44. The lowest BCUT2D eigenvalue weighted by Crippen LogP contribution is -2.27. The highest BCUT2D eigenvalue weighted by atomic mass is 32.2. The number of hydrogen-bond acceptors (Lipinski definition) is 4. The molecule has 0 spiro atoms. The maximum atomic E-state index is 12.7. The van der Waals surface area contributed by atoms with Crippen LogP contribution < -0.4 is 4.31 Å². The summed E-state index contributed by atoms with van der Waals surface area (Å²) in [4.78, 5) is 0.138. The summed E-state index contributed by atoms with van der Waals surface area (Å²) in [5, 5.41) is 0. The quantitative estimate of drug-likeness (QED) is 0.847. The smallest absolute Gasteiger partial charge is 0.264 e. The minimum absolute atomic E-state index is 0.0494. The summed E-state index contributed by atoms with van der Waals surface area (Å²) in [6, 6.07) is 10.7. The Morgan fingerprint density at radius 3 is 1.87 bits per heavy atom. The van der Waals surface area contributed by atoms with Crippen LogP contribution in [0.2, 0.25) is 0 Å². The predicted octanol–water partition coefficient (Wildman–Crippen LogP) is 2.53. The molecule has 0 aliphatic rings. The van der Waals surface area contributed by atoms with Gasteiger partial charge in [0.1, 0.15) is 0 Å². The summed E-state index contributed by atoms with van der Waals surface area (Å²) < 4.78 is 49.6. The molecule has 0 aliphatic carbocycles. The average molecular weight is 353 g/mol. The van der Waals surface area contributed by atoms with Crippen molar-refractivity contribution in [1.82, 2.24) is 0 Å². The zero-order valence-corrected chi connectivity index (χ0v) is 15.1. The van der Waals surface area contributed by atoms with Crippen LogP contribution in [-0.2, 0) is 19.9 Å². The number of sulfonamides is 1. The minimum atomic E-state index is -3.76. The summed E-state index contributed by atoms with van der Waals surface area (Å²) in [7, 11) is -5.63. The molecule has 0 aliphatic heterocycles. The monoisotopic (exact) mass is 353 g/mol. The van der Waals surface area contributed by atoms with E-state index in [4.69, 9.17) is 0 Å². The van der Waals surface area contributed by atoms with Crippen LogP contribution in [0.25, 0.3) is 0 Å². The third-order valence-corrected chi connectivity index (χ3v) is 6.74. The van der Waals surface area contributed by atoms with Gasteiger partial charge >= 0.3 is 0 Å². The lowest BCUT2D eigenvalue weighted by Gasteiger charge is -2.22. The average Bonchev–Trinajstić information content (AvgIpc) is 2.48. The highest BCUT2D eigenvalue weighted by Gasteiger charge is 2.23. The van der Waals surface area contributed by atoms with E-state index in [-0.39, 0.29) is 9.79 Å². The van der Waals surface area contributed by atoms with E-state index in [1.807, 2.05) is 19.9 Å². The summed E-state index contributed by atoms with van der Waals surface area (Å²) in [5.74, 6) is 0. The minimum Gasteiger partial charge on any atom is -0.269 e. The van der Waals surface area contributed by atoms with Crippen molar-refractivity contribution < 1.29 is 16.8 Å². The maximum absolute atomic E-state index is 12.7. The van der Waals surface area contributed by atoms with Crippen molar-refractivity contribution in [3.8, 4) is 0 Å². The zero-order valence-electron chi connectivity index (χ0n) is 13.4. The Morgan fingerprint density at radius 1 is 0.826 bits per heavy atom. The van der Waals surface area contributed by atoms with Gasteiger partial charge in [-0.3, -0.25) is 4.31 Å². The van der Waals surface area contributed by atoms with Crippen molar-refractivity contribution in [3.63, 3.8) is 0 Å². The molecule has 0 saturated carbocycles. The summed E-state index contributed by atoms with van der Waals surface area (Å²) in [6.07, 6.45) is 1.08. The first-order valence-corrected chi connectivity index (χ1v) is 10.2. The SMILES string of the molecule is Cc1cccc(N(C)S(=O)(=O)c2ccc(S(C)(=O)=O)cc2)c1C. The van der Waals surface area contributed by atoms with Crippen molar-refractivity contribution in [3.05, 3.63) is 53.6 Å². The Bertz CT molecular complexity index is 931. The fourth-order valence-electron chi connectivity index (χ4n) is 2.22. The van der Waals surface area contributed by atoms with Crippen molar-refractivity contribution in [2.75, 3.05) is 17.6 Å². The molecule has 0 N–H and O–H groups in total. The van der Waals surface area contributed by atoms with Crippen molar-refractivity contribution in [2.45, 2.75) is 23.6 Å². The van der Waals surface area contributed by atoms with E-state index in [1.165, 1.54) is 35.6 Å². The van der Waals surface area contributed by atoms with Gasteiger partial charge in [0, 0.05) is 13.3 Å². The molecule has 0 fully saturated rings. The number of rotatable bonds is 4. The first-order valence-electron chi connectivity index (χ1n) is 6.90. The van der Waals surface area contributed by atoms with Crippen molar-refractivity contribution in [2.24, 2.45) is 0 Å². The molecule has 0 radical (unpaired) electrons. The van der Waals surface area contributed by atoms with E-state index >= 15 is 0 Å². The summed E-state index contributed by atoms with van der Waals surface area (Å²) >= 11 is 0. The largest absolute Gasteiger partial charge is 0.269 e. The predicted molar refractivity (Wildman–Crippen MR) is 91.1 cm³/mol. The van der Waals surface area contributed by atoms with Crippen LogP contribution in [-0.4, -0.2) is 30.1 Å². The molecule has 23 heavy (non-hydrogen) atoms. The van der Waals surface area contributed by atoms with Crippen LogP contribution in [0.4, 0.5) is 5.69 Å². The van der Waals surface area contributed by atoms with Gasteiger partial charge in [0.15, 0.2) is 9.84 Å². The van der Waals surface area contributed by atoms with Gasteiger partial charge in [-0.25, -0.2) is 16.8 Å². The molecule has 7 heteroatoms. The van der Waals surface area contributed by atoms with Crippen molar-refractivity contribution >= 4 is 25.5 Å². The van der Waals surface area contributed by atoms with Gasteiger partial charge in [0.25, 0.3) is 10.0 Å². The lowest BCUT2D eigenvalue weighted by atomic mass is 10.1. The first kappa shape index (κ1) is 17.5. The molecule has 0 aromatic heterocycles. The van der Waals surface area contributed by atoms with Crippen LogP contribution in [0, 0.1) is 13.8 Å². The third-order valence-electron chi connectivity index (χ3n) is 3.83. The van der Waals surface area contributed by atoms with Crippen LogP contribution in [0.1, 0.15) is 11.1 Å². The second kappa shape index (κ2) is 5.98. The number of sulfone groups is 1. The highest BCUT2D eigenvalue weighted by Crippen LogP contribution is 2.27. The van der Waals surface area contributed by atoms with Gasteiger partial charge in [0.2, 0.25) is 0 Å². The molecule has 0 atom stereocenters. The summed E-state index contributed by atoms with van der Waals surface area (Å²) in [5.41, 5.74) is 2.47. The number of aryl methyl sites for hydroxylation is 1. The topological polar surface area (TPSA) is 71.5 Å². The number of anilines is 1. The van der Waals surface area contributed by atoms with E-state index in [0.29, 0.717) is 5.69 Å². The van der Waals surface area contributed by atoms with Gasteiger partial charge in [-0.15, -0.1) is 0 Å². The number of benzene rings is 2. The van der Waals surface area contributed by atoms with E-state index in [9.17, 15) is 16.8 Å². The van der Waals surface area contributed by atoms with Gasteiger partial charge in [-0.05, 0) is 55.3 Å². The molecule has 0 amide bonds. The molecule has 124 valence electrons. The van der Waals surface area contributed by atoms with Crippen LogP contribution >= 0.6 is 0 Å². The van der Waals surface area contributed by atoms with Gasteiger partial charge in [-0.2, -0.15) is 0 Å². The van der Waals surface area contributed by atoms with E-state index in [1.54, 1.807) is 12.1 Å². The highest BCUT2D eigenvalue weighted by molar-refractivity contribution is 7.93. The number of hydrogen-bond donors (Lipinski definition) is 0.